The Hall–Kier alpha value is -4.37. The van der Waals surface area contributed by atoms with Crippen LogP contribution in [-0.2, 0) is 19.1 Å². The fourth-order valence-corrected chi connectivity index (χ4v) is 6.07. The van der Waals surface area contributed by atoms with Crippen LogP contribution in [0.15, 0.2) is 42.5 Å². The summed E-state index contributed by atoms with van der Waals surface area (Å²) < 4.78 is 50.8. The minimum Gasteiger partial charge on any atom is -0.490 e. The van der Waals surface area contributed by atoms with Crippen molar-refractivity contribution in [1.82, 2.24) is 9.80 Å². The molecule has 4 amide bonds. The molecule has 0 saturated carbocycles. The monoisotopic (exact) mass is 763 g/mol. The van der Waals surface area contributed by atoms with E-state index < -0.39 is 48.9 Å². The number of amides is 4. The molecular formula is C39H56F3N5O7. The summed E-state index contributed by atoms with van der Waals surface area (Å²) in [4.78, 5) is 54.8. The van der Waals surface area contributed by atoms with Crippen molar-refractivity contribution < 1.29 is 46.9 Å². The van der Waals surface area contributed by atoms with Crippen LogP contribution in [0.4, 0.5) is 30.2 Å². The van der Waals surface area contributed by atoms with Gasteiger partial charge < -0.3 is 40.7 Å². The summed E-state index contributed by atoms with van der Waals surface area (Å²) in [5.74, 6) is -1.61. The zero-order valence-electron chi connectivity index (χ0n) is 31.8. The number of carbonyl (C=O) groups is 4. The van der Waals surface area contributed by atoms with E-state index in [4.69, 9.17) is 15.2 Å². The van der Waals surface area contributed by atoms with Gasteiger partial charge >= 0.3 is 6.18 Å². The molecule has 5 N–H and O–H groups in total. The lowest BCUT2D eigenvalue weighted by molar-refractivity contribution is -0.149. The second kappa shape index (κ2) is 21.5. The average molecular weight is 764 g/mol. The molecule has 0 bridgehead atoms. The van der Waals surface area contributed by atoms with E-state index in [0.29, 0.717) is 61.5 Å². The summed E-state index contributed by atoms with van der Waals surface area (Å²) in [6.45, 7) is 5.51. The number of carbonyl (C=O) groups excluding carboxylic acids is 4. The lowest BCUT2D eigenvalue weighted by Gasteiger charge is -2.36. The van der Waals surface area contributed by atoms with Crippen LogP contribution in [-0.4, -0.2) is 96.3 Å². The van der Waals surface area contributed by atoms with Crippen LogP contribution in [0.3, 0.4) is 0 Å². The number of nitrogens with one attached hydrogen (secondary N) is 2. The summed E-state index contributed by atoms with van der Waals surface area (Å²) in [6, 6.07) is 11.2. The number of halogens is 3. The number of anilines is 3. The minimum atomic E-state index is -4.45. The standard InChI is InChI=1S/C39H56F3N5O7/c1-26-23-47(27(2)25-48)38(52)30-22-29(44-35(49)15-6-5-7-16-36(50)45-32-14-9-8-13-31(32)43)17-18-33(30)54-28(3)12-10-11-21-53-34(26)24-46(4)37(51)19-20-39(40,41)42/h8-9,13-14,17-18,22,26-28,34,48H,5-7,10-12,15-16,19-21,23-25,43H2,1-4H3,(H,44,49)(H,45,50)/t26-,27+,28+,34-/m0/s1. The fourth-order valence-electron chi connectivity index (χ4n) is 6.07. The van der Waals surface area contributed by atoms with Crippen molar-refractivity contribution in [2.75, 3.05) is 49.7 Å². The maximum Gasteiger partial charge on any atom is 0.389 e. The molecule has 12 nitrogen and oxygen atoms in total. The molecule has 0 spiro atoms. The van der Waals surface area contributed by atoms with E-state index in [0.717, 1.165) is 6.42 Å². The van der Waals surface area contributed by atoms with Gasteiger partial charge in [-0.25, -0.2) is 0 Å². The number of nitrogen functional groups attached to an aromatic ring is 1. The number of para-hydroxylation sites is 2. The van der Waals surface area contributed by atoms with Crippen molar-refractivity contribution in [3.8, 4) is 5.75 Å². The Bertz CT molecular complexity index is 1540. The van der Waals surface area contributed by atoms with Gasteiger partial charge in [0.15, 0.2) is 0 Å². The number of unbranched alkanes of at least 4 members (excludes halogenated alkanes) is 2. The molecule has 0 aliphatic carbocycles. The number of hydrogen-bond donors (Lipinski definition) is 4. The van der Waals surface area contributed by atoms with Crippen LogP contribution in [0.5, 0.6) is 5.75 Å². The molecule has 0 aromatic heterocycles. The molecule has 1 aliphatic heterocycles. The van der Waals surface area contributed by atoms with Crippen LogP contribution in [0.25, 0.3) is 0 Å². The van der Waals surface area contributed by atoms with Gasteiger partial charge in [-0.3, -0.25) is 19.2 Å². The smallest absolute Gasteiger partial charge is 0.389 e. The summed E-state index contributed by atoms with van der Waals surface area (Å²) in [6.07, 6.45) is -2.92. The van der Waals surface area contributed by atoms with E-state index in [9.17, 15) is 37.5 Å². The predicted molar refractivity (Wildman–Crippen MR) is 201 cm³/mol. The summed E-state index contributed by atoms with van der Waals surface area (Å²) in [5, 5.41) is 15.8. The first-order valence-corrected chi connectivity index (χ1v) is 18.7. The lowest BCUT2D eigenvalue weighted by Crippen LogP contribution is -2.48. The molecule has 54 heavy (non-hydrogen) atoms. The normalized spacial score (nSPS) is 19.1. The molecule has 15 heteroatoms. The number of nitrogens with two attached hydrogens (primary N) is 1. The Morgan fingerprint density at radius 3 is 2.37 bits per heavy atom. The van der Waals surface area contributed by atoms with E-state index in [1.165, 1.54) is 16.8 Å². The number of aliphatic hydroxyl groups is 1. The topological polar surface area (TPSA) is 164 Å². The molecule has 3 rings (SSSR count). The van der Waals surface area contributed by atoms with Gasteiger partial charge in [0, 0.05) is 57.6 Å². The number of aliphatic hydroxyl groups excluding tert-OH is 1. The Morgan fingerprint density at radius 1 is 1.02 bits per heavy atom. The van der Waals surface area contributed by atoms with E-state index in [1.54, 1.807) is 49.4 Å². The van der Waals surface area contributed by atoms with Crippen molar-refractivity contribution in [3.05, 3.63) is 48.0 Å². The minimum absolute atomic E-state index is 0.0235. The first kappa shape index (κ1) is 44.0. The van der Waals surface area contributed by atoms with Crippen molar-refractivity contribution in [1.29, 1.82) is 0 Å². The van der Waals surface area contributed by atoms with Crippen LogP contribution in [0.2, 0.25) is 0 Å². The van der Waals surface area contributed by atoms with Crippen molar-refractivity contribution >= 4 is 40.7 Å². The Balaban J connectivity index is 1.71. The lowest BCUT2D eigenvalue weighted by atomic mass is 10.0. The first-order valence-electron chi connectivity index (χ1n) is 18.7. The third-order valence-corrected chi connectivity index (χ3v) is 9.38. The van der Waals surface area contributed by atoms with E-state index >= 15 is 0 Å². The summed E-state index contributed by atoms with van der Waals surface area (Å²) in [7, 11) is 1.44. The highest BCUT2D eigenvalue weighted by atomic mass is 19.4. The maximum atomic E-state index is 14.3. The molecule has 300 valence electrons. The van der Waals surface area contributed by atoms with Crippen LogP contribution in [0, 0.1) is 5.92 Å². The van der Waals surface area contributed by atoms with Gasteiger partial charge in [-0.15, -0.1) is 0 Å². The summed E-state index contributed by atoms with van der Waals surface area (Å²) >= 11 is 0. The number of ether oxygens (including phenoxy) is 2. The van der Waals surface area contributed by atoms with Gasteiger partial charge in [0.2, 0.25) is 17.7 Å². The highest BCUT2D eigenvalue weighted by molar-refractivity contribution is 6.00. The first-order chi connectivity index (χ1) is 25.6. The van der Waals surface area contributed by atoms with Crippen LogP contribution in [0.1, 0.15) is 95.3 Å². The SMILES string of the molecule is C[C@@H]1CCCCO[C@@H](CN(C)C(=O)CCC(F)(F)F)[C@@H](C)CN([C@H](C)CO)C(=O)c2cc(NC(=O)CCCCCC(=O)Nc3ccccc3N)ccc2O1. The molecule has 2 aromatic rings. The van der Waals surface area contributed by atoms with Crippen LogP contribution < -0.4 is 21.1 Å². The van der Waals surface area contributed by atoms with Gasteiger partial charge in [-0.05, 0) is 76.3 Å². The van der Waals surface area contributed by atoms with E-state index in [1.807, 2.05) is 13.8 Å². The third kappa shape index (κ3) is 14.8. The van der Waals surface area contributed by atoms with Gasteiger partial charge in [0.1, 0.15) is 5.75 Å². The van der Waals surface area contributed by atoms with Gasteiger partial charge in [0.25, 0.3) is 5.91 Å². The molecule has 0 radical (unpaired) electrons. The molecule has 2 aromatic carbocycles. The molecular weight excluding hydrogens is 707 g/mol. The van der Waals surface area contributed by atoms with Gasteiger partial charge in [-0.2, -0.15) is 13.2 Å². The number of nitrogens with zero attached hydrogens (tertiary/aromatic N) is 2. The van der Waals surface area contributed by atoms with E-state index in [-0.39, 0.29) is 56.0 Å². The average Bonchev–Trinajstić information content (AvgIpc) is 3.12. The van der Waals surface area contributed by atoms with E-state index in [2.05, 4.69) is 10.6 Å². The molecule has 1 aliphatic rings. The summed E-state index contributed by atoms with van der Waals surface area (Å²) in [5.41, 5.74) is 7.49. The molecule has 0 saturated heterocycles. The predicted octanol–water partition coefficient (Wildman–Crippen LogP) is 6.39. The van der Waals surface area contributed by atoms with Gasteiger partial charge in [0.05, 0.1) is 48.2 Å². The molecule has 0 fully saturated rings. The van der Waals surface area contributed by atoms with Crippen molar-refractivity contribution in [2.24, 2.45) is 5.92 Å². The quantitative estimate of drug-likeness (QED) is 0.127. The Labute approximate surface area is 315 Å². The highest BCUT2D eigenvalue weighted by Gasteiger charge is 2.32. The Morgan fingerprint density at radius 2 is 1.70 bits per heavy atom. The maximum absolute atomic E-state index is 14.3. The fraction of sp³-hybridized carbons (Fsp3) is 0.590. The number of hydrogen-bond acceptors (Lipinski definition) is 8. The second-order valence-corrected chi connectivity index (χ2v) is 14.1. The number of fused-ring (bicyclic) bond motifs is 1. The zero-order valence-corrected chi connectivity index (χ0v) is 31.8. The van der Waals surface area contributed by atoms with Crippen LogP contribution >= 0.6 is 0 Å². The molecule has 0 unspecified atom stereocenters. The molecule has 1 heterocycles. The number of alkyl halides is 3. The Kier molecular flexibility index (Phi) is 17.5. The third-order valence-electron chi connectivity index (χ3n) is 9.38. The second-order valence-electron chi connectivity index (χ2n) is 14.1. The van der Waals surface area contributed by atoms with Crippen molar-refractivity contribution in [3.63, 3.8) is 0 Å². The molecule has 4 atom stereocenters. The van der Waals surface area contributed by atoms with Gasteiger partial charge in [-0.1, -0.05) is 25.5 Å². The number of likely N-dealkylation sites (N-methyl/N-ethyl adjacent to an activating group) is 1. The van der Waals surface area contributed by atoms with Crippen molar-refractivity contribution in [2.45, 2.75) is 109 Å². The highest BCUT2D eigenvalue weighted by Crippen LogP contribution is 2.29. The zero-order chi connectivity index (χ0) is 39.8. The largest absolute Gasteiger partial charge is 0.490 e. The number of benzene rings is 2. The number of rotatable bonds is 14.